The average molecular weight is 601 g/mol. The van der Waals surface area contributed by atoms with Crippen molar-refractivity contribution in [3.05, 3.63) is 64.2 Å². The number of carbonyl (C=O) groups excluding carboxylic acids is 2. The van der Waals surface area contributed by atoms with Crippen molar-refractivity contribution >= 4 is 11.9 Å². The molecule has 2 aromatic rings. The van der Waals surface area contributed by atoms with E-state index in [2.05, 4.69) is 10.1 Å². The first-order valence-electron chi connectivity index (χ1n) is 14.0. The molecule has 4 rings (SSSR count). The Morgan fingerprint density at radius 2 is 1.62 bits per heavy atom. The molecule has 2 aliphatic rings. The number of nitrogens with one attached hydrogen (secondary N) is 1. The fraction of sp³-hybridized carbons (Fsp3) is 0.533. The molecule has 0 bridgehead atoms. The lowest BCUT2D eigenvalue weighted by Gasteiger charge is -2.34. The number of alkyl halides is 6. The van der Waals surface area contributed by atoms with Crippen LogP contribution in [-0.4, -0.2) is 42.3 Å². The van der Waals surface area contributed by atoms with E-state index in [1.807, 2.05) is 0 Å². The fourth-order valence-corrected chi connectivity index (χ4v) is 5.75. The lowest BCUT2D eigenvalue weighted by molar-refractivity contribution is -0.385. The highest BCUT2D eigenvalue weighted by atomic mass is 19.4. The number of urea groups is 1. The van der Waals surface area contributed by atoms with Crippen LogP contribution >= 0.6 is 0 Å². The van der Waals surface area contributed by atoms with Crippen molar-refractivity contribution in [3.8, 4) is 5.75 Å². The van der Waals surface area contributed by atoms with E-state index in [-0.39, 0.29) is 48.8 Å². The minimum atomic E-state index is -5.71. The van der Waals surface area contributed by atoms with Crippen LogP contribution in [0.3, 0.4) is 0 Å². The first-order chi connectivity index (χ1) is 19.7. The molecule has 0 aliphatic carbocycles. The quantitative estimate of drug-likeness (QED) is 0.170. The zero-order valence-electron chi connectivity index (χ0n) is 23.7. The van der Waals surface area contributed by atoms with Crippen LogP contribution in [0.4, 0.5) is 31.1 Å². The first-order valence-corrected chi connectivity index (χ1v) is 14.0. The minimum absolute atomic E-state index is 0.0936. The molecular formula is C30H34F6N2O4. The van der Waals surface area contributed by atoms with Gasteiger partial charge in [0.25, 0.3) is 11.5 Å². The molecule has 230 valence electrons. The molecule has 42 heavy (non-hydrogen) atoms. The summed E-state index contributed by atoms with van der Waals surface area (Å²) in [7, 11) is 0. The van der Waals surface area contributed by atoms with Crippen LogP contribution in [0.1, 0.15) is 74.3 Å². The van der Waals surface area contributed by atoms with Crippen LogP contribution in [0, 0.1) is 0 Å². The third kappa shape index (κ3) is 5.33. The number of aryl methyl sites for hydroxylation is 1. The third-order valence-corrected chi connectivity index (χ3v) is 7.85. The molecule has 1 saturated heterocycles. The maximum absolute atomic E-state index is 14.0. The number of fused-ring (bicyclic) bond motifs is 1. The van der Waals surface area contributed by atoms with Gasteiger partial charge in [0.05, 0.1) is 13.2 Å². The summed E-state index contributed by atoms with van der Waals surface area (Å²) in [5.41, 5.74) is -5.43. The largest absolute Gasteiger partial charge is 0.493 e. The molecule has 2 heterocycles. The van der Waals surface area contributed by atoms with E-state index in [0.717, 1.165) is 11.0 Å². The molecular weight excluding hydrogens is 566 g/mol. The molecule has 1 N–H and O–H groups in total. The van der Waals surface area contributed by atoms with Crippen molar-refractivity contribution in [2.75, 3.05) is 13.2 Å². The van der Waals surface area contributed by atoms with Gasteiger partial charge in [0.15, 0.2) is 0 Å². The van der Waals surface area contributed by atoms with Gasteiger partial charge in [-0.15, -0.1) is 0 Å². The molecule has 1 unspecified atom stereocenters. The molecule has 12 heteroatoms. The smallest absolute Gasteiger partial charge is 0.430 e. The molecule has 1 fully saturated rings. The molecule has 0 spiro atoms. The number of carbonyl (C=O) groups is 2. The lowest BCUT2D eigenvalue weighted by Crippen LogP contribution is -2.53. The number of halogens is 6. The van der Waals surface area contributed by atoms with E-state index in [9.17, 15) is 35.9 Å². The number of hydrogen-bond acceptors (Lipinski definition) is 4. The Morgan fingerprint density at radius 1 is 0.976 bits per heavy atom. The highest BCUT2D eigenvalue weighted by molar-refractivity contribution is 6.07. The van der Waals surface area contributed by atoms with Crippen molar-refractivity contribution in [3.63, 3.8) is 0 Å². The Labute approximate surface area is 240 Å². The van der Waals surface area contributed by atoms with Crippen LogP contribution in [0.15, 0.2) is 36.4 Å². The molecule has 1 atom stereocenters. The maximum atomic E-state index is 14.0. The first kappa shape index (κ1) is 31.7. The normalized spacial score (nSPS) is 20.2. The second kappa shape index (κ2) is 11.8. The van der Waals surface area contributed by atoms with Crippen LogP contribution in [0.5, 0.6) is 5.75 Å². The number of amides is 3. The van der Waals surface area contributed by atoms with E-state index in [1.54, 1.807) is 51.1 Å². The Kier molecular flexibility index (Phi) is 8.87. The number of nitrogens with zero attached hydrogens (tertiary/aromatic N) is 1. The van der Waals surface area contributed by atoms with Gasteiger partial charge in [-0.2, -0.15) is 26.3 Å². The summed E-state index contributed by atoms with van der Waals surface area (Å²) >= 11 is 0. The number of rotatable bonds is 11. The van der Waals surface area contributed by atoms with E-state index >= 15 is 0 Å². The molecule has 0 radical (unpaired) electrons. The summed E-state index contributed by atoms with van der Waals surface area (Å²) in [6, 6.07) is 9.30. The topological polar surface area (TPSA) is 67.9 Å². The summed E-state index contributed by atoms with van der Waals surface area (Å²) in [5, 5.41) is 2.74. The minimum Gasteiger partial charge on any atom is -0.493 e. The number of hydrogen-bond donors (Lipinski definition) is 1. The molecule has 3 amide bonds. The van der Waals surface area contributed by atoms with Crippen molar-refractivity contribution < 1.29 is 45.4 Å². The molecule has 2 aliphatic heterocycles. The van der Waals surface area contributed by atoms with Crippen LogP contribution < -0.4 is 10.1 Å². The van der Waals surface area contributed by atoms with Crippen molar-refractivity contribution in [2.24, 2.45) is 0 Å². The highest BCUT2D eigenvalue weighted by Gasteiger charge is 2.76. The van der Waals surface area contributed by atoms with Gasteiger partial charge in [0.2, 0.25) is 0 Å². The van der Waals surface area contributed by atoms with Gasteiger partial charge in [-0.1, -0.05) is 57.0 Å². The second-order valence-corrected chi connectivity index (χ2v) is 10.8. The summed E-state index contributed by atoms with van der Waals surface area (Å²) < 4.78 is 94.7. The van der Waals surface area contributed by atoms with Gasteiger partial charge in [0, 0.05) is 17.7 Å². The summed E-state index contributed by atoms with van der Waals surface area (Å²) in [6.45, 7) is 4.57. The number of unbranched alkanes of at least 4 members (excludes halogenated alkanes) is 1. The van der Waals surface area contributed by atoms with E-state index in [0.29, 0.717) is 36.8 Å². The third-order valence-electron chi connectivity index (χ3n) is 7.85. The zero-order chi connectivity index (χ0) is 30.9. The maximum Gasteiger partial charge on any atom is 0.430 e. The predicted octanol–water partition coefficient (Wildman–Crippen LogP) is 7.07. The SMILES string of the molecule is CCCc1cc2c(c(CCC)c1OCCCCN1C(=O)NC(C)(c3ccccc3)C1=O)COC2(C(F)(F)F)C(F)(F)F. The van der Waals surface area contributed by atoms with Crippen LogP contribution in [0.2, 0.25) is 0 Å². The summed E-state index contributed by atoms with van der Waals surface area (Å²) in [5.74, 6) is -0.0978. The second-order valence-electron chi connectivity index (χ2n) is 10.8. The molecule has 6 nitrogen and oxygen atoms in total. The van der Waals surface area contributed by atoms with E-state index < -0.39 is 41.7 Å². The van der Waals surface area contributed by atoms with Crippen molar-refractivity contribution in [1.29, 1.82) is 0 Å². The number of imide groups is 1. The van der Waals surface area contributed by atoms with E-state index in [4.69, 9.17) is 4.74 Å². The van der Waals surface area contributed by atoms with Gasteiger partial charge < -0.3 is 14.8 Å². The van der Waals surface area contributed by atoms with Crippen LogP contribution in [0.25, 0.3) is 0 Å². The Balaban J connectivity index is 1.52. The average Bonchev–Trinajstić information content (AvgIpc) is 3.42. The molecule has 2 aromatic carbocycles. The van der Waals surface area contributed by atoms with E-state index in [1.165, 1.54) is 0 Å². The Morgan fingerprint density at radius 3 is 2.21 bits per heavy atom. The zero-order valence-corrected chi connectivity index (χ0v) is 23.7. The number of benzene rings is 2. The molecule has 0 aromatic heterocycles. The van der Waals surface area contributed by atoms with Gasteiger partial charge in [-0.25, -0.2) is 4.79 Å². The van der Waals surface area contributed by atoms with Gasteiger partial charge >= 0.3 is 18.4 Å². The summed E-state index contributed by atoms with van der Waals surface area (Å²) in [6.07, 6.45) is -9.27. The van der Waals surface area contributed by atoms with Gasteiger partial charge in [-0.3, -0.25) is 9.69 Å². The van der Waals surface area contributed by atoms with Crippen molar-refractivity contribution in [1.82, 2.24) is 10.2 Å². The number of ether oxygens (including phenoxy) is 2. The van der Waals surface area contributed by atoms with Crippen LogP contribution in [-0.2, 0) is 40.1 Å². The summed E-state index contributed by atoms with van der Waals surface area (Å²) in [4.78, 5) is 26.8. The van der Waals surface area contributed by atoms with Gasteiger partial charge in [0.1, 0.15) is 11.3 Å². The van der Waals surface area contributed by atoms with Crippen molar-refractivity contribution in [2.45, 2.75) is 89.4 Å². The monoisotopic (exact) mass is 600 g/mol. The standard InChI is InChI=1S/C30H34F6N2O4/c1-4-11-19-17-23-22(18-42-28(23,29(31,32)33)30(34,35)36)21(12-5-2)24(19)41-16-10-9-15-38-25(39)27(3,37-26(38)40)20-13-7-6-8-14-20/h6-8,13-14,17H,4-5,9-12,15-16,18H2,1-3H3,(H,37,40). The Bertz CT molecular complexity index is 1300. The van der Waals surface area contributed by atoms with Gasteiger partial charge in [-0.05, 0) is 55.4 Å². The lowest BCUT2D eigenvalue weighted by atomic mass is 9.84. The Hall–Kier alpha value is -3.28. The highest BCUT2D eigenvalue weighted by Crippen LogP contribution is 2.58. The molecule has 0 saturated carbocycles. The fourth-order valence-electron chi connectivity index (χ4n) is 5.75. The predicted molar refractivity (Wildman–Crippen MR) is 142 cm³/mol.